The van der Waals surface area contributed by atoms with Crippen LogP contribution in [0.2, 0.25) is 0 Å². The summed E-state index contributed by atoms with van der Waals surface area (Å²) in [5.74, 6) is 2.29. The summed E-state index contributed by atoms with van der Waals surface area (Å²) in [5.41, 5.74) is 1.14. The maximum Gasteiger partial charge on any atom is 0.234 e. The highest BCUT2D eigenvalue weighted by Crippen LogP contribution is 2.25. The Morgan fingerprint density at radius 3 is 2.70 bits per heavy atom. The van der Waals surface area contributed by atoms with E-state index in [1.54, 1.807) is 11.3 Å². The van der Waals surface area contributed by atoms with Gasteiger partial charge in [-0.1, -0.05) is 42.3 Å². The van der Waals surface area contributed by atoms with Gasteiger partial charge in [-0.15, -0.1) is 17.8 Å². The monoisotopic (exact) mass is 284 g/mol. The molecule has 0 aliphatic rings. The Kier molecular flexibility index (Phi) is 5.36. The van der Waals surface area contributed by atoms with Crippen molar-refractivity contribution in [3.63, 3.8) is 0 Å². The fourth-order valence-corrected chi connectivity index (χ4v) is 2.72. The highest BCUT2D eigenvalue weighted by atomic mass is 32.1. The third-order valence-electron chi connectivity index (χ3n) is 2.81. The molecule has 4 heteroatoms. The molecule has 0 fully saturated rings. The average Bonchev–Trinajstić information content (AvgIpc) is 3.00. The Hall–Kier alpha value is -2.09. The van der Waals surface area contributed by atoms with E-state index in [1.807, 2.05) is 29.6 Å². The molecule has 0 bridgehead atoms. The van der Waals surface area contributed by atoms with E-state index in [0.29, 0.717) is 0 Å². The minimum Gasteiger partial charge on any atom is -0.344 e. The van der Waals surface area contributed by atoms with E-state index in [1.165, 1.54) is 4.88 Å². The van der Waals surface area contributed by atoms with E-state index >= 15 is 0 Å². The Morgan fingerprint density at radius 2 is 2.05 bits per heavy atom. The summed E-state index contributed by atoms with van der Waals surface area (Å²) in [6.07, 6.45) is 5.12. The number of amides is 1. The molecule has 0 aliphatic carbocycles. The van der Waals surface area contributed by atoms with Crippen molar-refractivity contribution in [3.8, 4) is 12.3 Å². The number of hydrogen-bond donors (Lipinski definition) is 2. The van der Waals surface area contributed by atoms with Gasteiger partial charge >= 0.3 is 0 Å². The van der Waals surface area contributed by atoms with Crippen LogP contribution in [0.1, 0.15) is 16.5 Å². The molecule has 0 spiro atoms. The standard InChI is InChI=1S/C16H16N2OS/c1-2-10-17-15(19)12-18-16(14-9-6-11-20-14)13-7-4-3-5-8-13/h1,3-9,11,16,18H,10,12H2,(H,17,19)/t16-/m1/s1. The normalized spacial score (nSPS) is 11.6. The Morgan fingerprint density at radius 1 is 1.25 bits per heavy atom. The average molecular weight is 284 g/mol. The smallest absolute Gasteiger partial charge is 0.234 e. The first-order chi connectivity index (χ1) is 9.81. The summed E-state index contributed by atoms with van der Waals surface area (Å²) in [6.45, 7) is 0.495. The third kappa shape index (κ3) is 3.95. The summed E-state index contributed by atoms with van der Waals surface area (Å²) in [7, 11) is 0. The van der Waals surface area contributed by atoms with Gasteiger partial charge in [0.2, 0.25) is 5.91 Å². The fraction of sp³-hybridized carbons (Fsp3) is 0.188. The van der Waals surface area contributed by atoms with Gasteiger partial charge in [-0.2, -0.15) is 0 Å². The van der Waals surface area contributed by atoms with Crippen LogP contribution in [0.15, 0.2) is 47.8 Å². The molecule has 20 heavy (non-hydrogen) atoms. The second-order valence-electron chi connectivity index (χ2n) is 4.22. The Bertz CT molecular complexity index is 572. The second kappa shape index (κ2) is 7.49. The van der Waals surface area contributed by atoms with Gasteiger partial charge in [0.05, 0.1) is 19.1 Å². The van der Waals surface area contributed by atoms with Crippen molar-refractivity contribution < 1.29 is 4.79 Å². The zero-order valence-electron chi connectivity index (χ0n) is 11.0. The van der Waals surface area contributed by atoms with Gasteiger partial charge < -0.3 is 5.32 Å². The largest absolute Gasteiger partial charge is 0.344 e. The van der Waals surface area contributed by atoms with E-state index in [0.717, 1.165) is 5.56 Å². The molecule has 1 aromatic heterocycles. The first kappa shape index (κ1) is 14.3. The second-order valence-corrected chi connectivity index (χ2v) is 5.20. The lowest BCUT2D eigenvalue weighted by Crippen LogP contribution is -2.36. The first-order valence-corrected chi connectivity index (χ1v) is 7.21. The molecule has 0 saturated heterocycles. The van der Waals surface area contributed by atoms with Crippen molar-refractivity contribution in [2.45, 2.75) is 6.04 Å². The van der Waals surface area contributed by atoms with Crippen LogP contribution in [0.4, 0.5) is 0 Å². The Balaban J connectivity index is 2.05. The minimum atomic E-state index is -0.0968. The molecule has 0 radical (unpaired) electrons. The number of rotatable bonds is 6. The molecule has 102 valence electrons. The molecular weight excluding hydrogens is 268 g/mol. The lowest BCUT2D eigenvalue weighted by atomic mass is 10.1. The molecule has 3 nitrogen and oxygen atoms in total. The van der Waals surface area contributed by atoms with Crippen molar-refractivity contribution in [1.29, 1.82) is 0 Å². The molecule has 0 aliphatic heterocycles. The van der Waals surface area contributed by atoms with Crippen LogP contribution >= 0.6 is 11.3 Å². The molecule has 2 aromatic rings. The molecule has 0 unspecified atom stereocenters. The topological polar surface area (TPSA) is 41.1 Å². The number of carbonyl (C=O) groups excluding carboxylic acids is 1. The van der Waals surface area contributed by atoms with Crippen molar-refractivity contribution in [2.75, 3.05) is 13.1 Å². The van der Waals surface area contributed by atoms with Gasteiger partial charge in [0.25, 0.3) is 0 Å². The number of benzene rings is 1. The minimum absolute atomic E-state index is 0.0211. The number of carbonyl (C=O) groups is 1. The summed E-state index contributed by atoms with van der Waals surface area (Å²) >= 11 is 1.67. The van der Waals surface area contributed by atoms with Crippen LogP contribution in [-0.2, 0) is 4.79 Å². The summed E-state index contributed by atoms with van der Waals surface area (Å²) in [5, 5.41) is 7.96. The van der Waals surface area contributed by atoms with Crippen molar-refractivity contribution in [3.05, 3.63) is 58.3 Å². The summed E-state index contributed by atoms with van der Waals surface area (Å²) < 4.78 is 0. The zero-order valence-corrected chi connectivity index (χ0v) is 11.8. The number of terminal acetylenes is 1. The van der Waals surface area contributed by atoms with Crippen molar-refractivity contribution in [2.24, 2.45) is 0 Å². The van der Waals surface area contributed by atoms with E-state index in [9.17, 15) is 4.79 Å². The quantitative estimate of drug-likeness (QED) is 0.798. The van der Waals surface area contributed by atoms with Gasteiger partial charge in [-0.25, -0.2) is 0 Å². The summed E-state index contributed by atoms with van der Waals surface area (Å²) in [6, 6.07) is 14.2. The highest BCUT2D eigenvalue weighted by Gasteiger charge is 2.15. The van der Waals surface area contributed by atoms with Crippen LogP contribution in [0.3, 0.4) is 0 Å². The molecule has 2 rings (SSSR count). The maximum atomic E-state index is 11.6. The maximum absolute atomic E-state index is 11.6. The molecular formula is C16H16N2OS. The zero-order chi connectivity index (χ0) is 14.2. The molecule has 0 saturated carbocycles. The summed E-state index contributed by atoms with van der Waals surface area (Å²) in [4.78, 5) is 12.8. The molecule has 1 amide bonds. The number of hydrogen-bond acceptors (Lipinski definition) is 3. The van der Waals surface area contributed by atoms with E-state index in [2.05, 4.69) is 34.8 Å². The van der Waals surface area contributed by atoms with Crippen LogP contribution in [-0.4, -0.2) is 19.0 Å². The predicted octanol–water partition coefficient (Wildman–Crippen LogP) is 2.18. The fourth-order valence-electron chi connectivity index (χ4n) is 1.89. The van der Waals surface area contributed by atoms with E-state index < -0.39 is 0 Å². The van der Waals surface area contributed by atoms with Crippen LogP contribution in [0, 0.1) is 12.3 Å². The Labute approximate surface area is 123 Å². The third-order valence-corrected chi connectivity index (χ3v) is 3.75. The SMILES string of the molecule is C#CCNC(=O)CN[C@H](c1ccccc1)c1cccs1. The van der Waals surface area contributed by atoms with Gasteiger partial charge in [-0.05, 0) is 17.0 Å². The molecule has 1 heterocycles. The van der Waals surface area contributed by atoms with Gasteiger partial charge in [-0.3, -0.25) is 10.1 Å². The van der Waals surface area contributed by atoms with Crippen molar-refractivity contribution >= 4 is 17.2 Å². The van der Waals surface area contributed by atoms with Gasteiger partial charge in [0, 0.05) is 4.88 Å². The first-order valence-electron chi connectivity index (χ1n) is 6.33. The van der Waals surface area contributed by atoms with Crippen LogP contribution in [0.5, 0.6) is 0 Å². The molecule has 1 atom stereocenters. The van der Waals surface area contributed by atoms with E-state index in [4.69, 9.17) is 6.42 Å². The van der Waals surface area contributed by atoms with E-state index in [-0.39, 0.29) is 25.0 Å². The highest BCUT2D eigenvalue weighted by molar-refractivity contribution is 7.10. The van der Waals surface area contributed by atoms with Crippen LogP contribution < -0.4 is 10.6 Å². The number of nitrogens with one attached hydrogen (secondary N) is 2. The predicted molar refractivity (Wildman–Crippen MR) is 82.4 cm³/mol. The lowest BCUT2D eigenvalue weighted by molar-refractivity contribution is -0.120. The van der Waals surface area contributed by atoms with Crippen molar-refractivity contribution in [1.82, 2.24) is 10.6 Å². The van der Waals surface area contributed by atoms with Crippen LogP contribution in [0.25, 0.3) is 0 Å². The van der Waals surface area contributed by atoms with Gasteiger partial charge in [0.15, 0.2) is 0 Å². The molecule has 2 N–H and O–H groups in total. The molecule has 1 aromatic carbocycles. The number of thiophene rings is 1. The lowest BCUT2D eigenvalue weighted by Gasteiger charge is -2.17. The van der Waals surface area contributed by atoms with Gasteiger partial charge in [0.1, 0.15) is 0 Å².